The largest absolute Gasteiger partial charge is 0.122 e. The Morgan fingerprint density at radius 2 is 1.92 bits per heavy atom. The third kappa shape index (κ3) is 1.38. The number of benzene rings is 1. The zero-order valence-electron chi connectivity index (χ0n) is 6.25. The number of thiophene rings is 1. The Morgan fingerprint density at radius 3 is 2.50 bits per heavy atom. The molecule has 2 rings (SSSR count). The van der Waals surface area contributed by atoms with E-state index in [1.54, 1.807) is 0 Å². The SMILES string of the molecule is Clc1s[c]cc1-c1ccccc1. The van der Waals surface area contributed by atoms with Crippen molar-refractivity contribution in [3.05, 3.63) is 46.1 Å². The fraction of sp³-hybridized carbons (Fsp3) is 0. The van der Waals surface area contributed by atoms with Crippen molar-refractivity contribution >= 4 is 22.9 Å². The highest BCUT2D eigenvalue weighted by Gasteiger charge is 2.02. The molecule has 0 bridgehead atoms. The Balaban J connectivity index is 2.51. The molecular weight excluding hydrogens is 188 g/mol. The van der Waals surface area contributed by atoms with Gasteiger partial charge in [0.1, 0.15) is 4.34 Å². The van der Waals surface area contributed by atoms with Gasteiger partial charge in [0.25, 0.3) is 0 Å². The molecule has 0 amide bonds. The van der Waals surface area contributed by atoms with E-state index in [2.05, 4.69) is 5.38 Å². The summed E-state index contributed by atoms with van der Waals surface area (Å²) in [6, 6.07) is 12.0. The molecule has 0 saturated heterocycles. The van der Waals surface area contributed by atoms with Gasteiger partial charge in [-0.3, -0.25) is 0 Å². The van der Waals surface area contributed by atoms with E-state index in [4.69, 9.17) is 11.6 Å². The number of hydrogen-bond acceptors (Lipinski definition) is 1. The second-order valence-electron chi connectivity index (χ2n) is 2.42. The third-order valence-electron chi connectivity index (χ3n) is 1.65. The van der Waals surface area contributed by atoms with E-state index < -0.39 is 0 Å². The molecule has 59 valence electrons. The van der Waals surface area contributed by atoms with E-state index in [9.17, 15) is 0 Å². The minimum Gasteiger partial charge on any atom is -0.122 e. The summed E-state index contributed by atoms with van der Waals surface area (Å²) in [7, 11) is 0. The quantitative estimate of drug-likeness (QED) is 0.645. The Hall–Kier alpha value is -0.790. The highest BCUT2D eigenvalue weighted by Crippen LogP contribution is 2.31. The molecule has 0 saturated carbocycles. The van der Waals surface area contributed by atoms with Gasteiger partial charge in [-0.1, -0.05) is 41.9 Å². The molecule has 1 heterocycles. The average molecular weight is 194 g/mol. The van der Waals surface area contributed by atoms with Crippen LogP contribution < -0.4 is 0 Å². The van der Waals surface area contributed by atoms with E-state index in [1.807, 2.05) is 36.4 Å². The fourth-order valence-electron chi connectivity index (χ4n) is 1.07. The Bertz CT molecular complexity index is 364. The minimum absolute atomic E-state index is 0.807. The average Bonchev–Trinajstić information content (AvgIpc) is 2.53. The lowest BCUT2D eigenvalue weighted by Crippen LogP contribution is -1.71. The van der Waals surface area contributed by atoms with E-state index in [0.717, 1.165) is 15.5 Å². The zero-order chi connectivity index (χ0) is 8.39. The van der Waals surface area contributed by atoms with E-state index >= 15 is 0 Å². The predicted molar refractivity (Wildman–Crippen MR) is 53.6 cm³/mol. The number of halogens is 1. The molecule has 1 aromatic carbocycles. The van der Waals surface area contributed by atoms with Gasteiger partial charge in [0.05, 0.1) is 0 Å². The molecule has 2 aromatic rings. The van der Waals surface area contributed by atoms with Crippen molar-refractivity contribution in [3.8, 4) is 11.1 Å². The number of rotatable bonds is 1. The van der Waals surface area contributed by atoms with Gasteiger partial charge in [-0.2, -0.15) is 0 Å². The van der Waals surface area contributed by atoms with E-state index in [0.29, 0.717) is 0 Å². The summed E-state index contributed by atoms with van der Waals surface area (Å²) in [6.07, 6.45) is 0. The molecule has 0 nitrogen and oxygen atoms in total. The topological polar surface area (TPSA) is 0 Å². The van der Waals surface area contributed by atoms with Crippen LogP contribution in [0.25, 0.3) is 11.1 Å². The molecule has 12 heavy (non-hydrogen) atoms. The van der Waals surface area contributed by atoms with Gasteiger partial charge in [0.15, 0.2) is 0 Å². The first kappa shape index (κ1) is 7.84. The molecule has 0 unspecified atom stereocenters. The second kappa shape index (κ2) is 3.30. The van der Waals surface area contributed by atoms with Crippen molar-refractivity contribution in [1.29, 1.82) is 0 Å². The van der Waals surface area contributed by atoms with Gasteiger partial charge in [-0.25, -0.2) is 0 Å². The molecule has 2 heteroatoms. The van der Waals surface area contributed by atoms with Crippen LogP contribution in [0.5, 0.6) is 0 Å². The molecule has 0 atom stereocenters. The smallest absolute Gasteiger partial charge is 0.101 e. The van der Waals surface area contributed by atoms with Crippen LogP contribution in [0.1, 0.15) is 0 Å². The maximum atomic E-state index is 5.96. The lowest BCUT2D eigenvalue weighted by Gasteiger charge is -1.96. The second-order valence-corrected chi connectivity index (χ2v) is 3.87. The first-order valence-corrected chi connectivity index (χ1v) is 4.78. The van der Waals surface area contributed by atoms with Crippen molar-refractivity contribution in [2.45, 2.75) is 0 Å². The molecular formula is C10H6ClS. The van der Waals surface area contributed by atoms with Crippen LogP contribution in [0, 0.1) is 5.38 Å². The molecule has 1 radical (unpaired) electrons. The number of hydrogen-bond donors (Lipinski definition) is 0. The van der Waals surface area contributed by atoms with Crippen molar-refractivity contribution in [2.75, 3.05) is 0 Å². The Labute approximate surface area is 80.4 Å². The summed E-state index contributed by atoms with van der Waals surface area (Å²) in [6.45, 7) is 0. The van der Waals surface area contributed by atoms with Gasteiger partial charge in [0.2, 0.25) is 0 Å². The van der Waals surface area contributed by atoms with Gasteiger partial charge in [-0.05, 0) is 11.6 Å². The predicted octanol–water partition coefficient (Wildman–Crippen LogP) is 3.87. The molecule has 0 spiro atoms. The Kier molecular flexibility index (Phi) is 2.15. The van der Waals surface area contributed by atoms with Crippen LogP contribution >= 0.6 is 22.9 Å². The van der Waals surface area contributed by atoms with Gasteiger partial charge in [-0.15, -0.1) is 11.3 Å². The van der Waals surface area contributed by atoms with Crippen LogP contribution in [0.3, 0.4) is 0 Å². The third-order valence-corrected chi connectivity index (χ3v) is 2.72. The fourth-order valence-corrected chi connectivity index (χ4v) is 1.93. The Morgan fingerprint density at radius 1 is 1.17 bits per heavy atom. The highest BCUT2D eigenvalue weighted by molar-refractivity contribution is 7.14. The summed E-state index contributed by atoms with van der Waals surface area (Å²) in [5.74, 6) is 0. The normalized spacial score (nSPS) is 10.1. The molecule has 1 aromatic heterocycles. The monoisotopic (exact) mass is 193 g/mol. The van der Waals surface area contributed by atoms with Crippen molar-refractivity contribution < 1.29 is 0 Å². The lowest BCUT2D eigenvalue weighted by atomic mass is 10.1. The van der Waals surface area contributed by atoms with E-state index in [-0.39, 0.29) is 0 Å². The summed E-state index contributed by atoms with van der Waals surface area (Å²) < 4.78 is 0.807. The summed E-state index contributed by atoms with van der Waals surface area (Å²) >= 11 is 7.40. The summed E-state index contributed by atoms with van der Waals surface area (Å²) in [4.78, 5) is 0. The maximum Gasteiger partial charge on any atom is 0.101 e. The lowest BCUT2D eigenvalue weighted by molar-refractivity contribution is 1.68. The van der Waals surface area contributed by atoms with Crippen LogP contribution in [-0.2, 0) is 0 Å². The molecule has 0 aliphatic carbocycles. The highest BCUT2D eigenvalue weighted by atomic mass is 35.5. The summed E-state index contributed by atoms with van der Waals surface area (Å²) in [5, 5.41) is 3.01. The van der Waals surface area contributed by atoms with Crippen molar-refractivity contribution in [2.24, 2.45) is 0 Å². The first-order valence-electron chi connectivity index (χ1n) is 3.59. The van der Waals surface area contributed by atoms with Gasteiger partial charge < -0.3 is 0 Å². The first-order chi connectivity index (χ1) is 5.88. The summed E-state index contributed by atoms with van der Waals surface area (Å²) in [5.41, 5.74) is 2.22. The van der Waals surface area contributed by atoms with Crippen LogP contribution in [-0.4, -0.2) is 0 Å². The van der Waals surface area contributed by atoms with Gasteiger partial charge in [0, 0.05) is 10.9 Å². The zero-order valence-corrected chi connectivity index (χ0v) is 7.82. The van der Waals surface area contributed by atoms with Crippen molar-refractivity contribution in [1.82, 2.24) is 0 Å². The minimum atomic E-state index is 0.807. The van der Waals surface area contributed by atoms with Crippen LogP contribution in [0.15, 0.2) is 36.4 Å². The van der Waals surface area contributed by atoms with Gasteiger partial charge >= 0.3 is 0 Å². The van der Waals surface area contributed by atoms with E-state index in [1.165, 1.54) is 11.3 Å². The van der Waals surface area contributed by atoms with Crippen LogP contribution in [0.2, 0.25) is 4.34 Å². The maximum absolute atomic E-state index is 5.96. The van der Waals surface area contributed by atoms with Crippen molar-refractivity contribution in [3.63, 3.8) is 0 Å². The molecule has 0 aliphatic heterocycles. The molecule has 0 N–H and O–H groups in total. The standard InChI is InChI=1S/C10H6ClS/c11-10-9(6-7-12-10)8-4-2-1-3-5-8/h1-6H. The molecule has 0 fully saturated rings. The van der Waals surface area contributed by atoms with Crippen LogP contribution in [0.4, 0.5) is 0 Å². The molecule has 0 aliphatic rings.